The van der Waals surface area contributed by atoms with Gasteiger partial charge in [0.25, 0.3) is 10.0 Å². The molecule has 1 saturated heterocycles. The molecule has 2 aromatic rings. The van der Waals surface area contributed by atoms with Gasteiger partial charge in [-0.05, 0) is 51.5 Å². The number of thiazole rings is 1. The van der Waals surface area contributed by atoms with Crippen molar-refractivity contribution in [3.05, 3.63) is 35.2 Å². The molecule has 1 aromatic heterocycles. The van der Waals surface area contributed by atoms with Gasteiger partial charge in [0.05, 0.1) is 10.4 Å². The van der Waals surface area contributed by atoms with Crippen LogP contribution in [0.4, 0.5) is 21.1 Å². The second-order valence-corrected chi connectivity index (χ2v) is 10.5. The monoisotopic (exact) mass is 468 g/mol. The fraction of sp³-hybridized carbons (Fsp3) is 0.421. The van der Waals surface area contributed by atoms with E-state index in [1.54, 1.807) is 32.9 Å². The Bertz CT molecular complexity index is 1030. The summed E-state index contributed by atoms with van der Waals surface area (Å²) in [6.07, 6.45) is -1.35. The largest absolute Gasteiger partial charge is 0.465 e. The van der Waals surface area contributed by atoms with Gasteiger partial charge in [-0.2, -0.15) is 0 Å². The fourth-order valence-electron chi connectivity index (χ4n) is 3.04. The van der Waals surface area contributed by atoms with Crippen LogP contribution in [0.15, 0.2) is 40.1 Å². The number of carboxylic acid groups (broad SMARTS) is 1. The van der Waals surface area contributed by atoms with Crippen LogP contribution in [0.5, 0.6) is 0 Å². The summed E-state index contributed by atoms with van der Waals surface area (Å²) in [4.78, 5) is 28.9. The summed E-state index contributed by atoms with van der Waals surface area (Å²) < 4.78 is 32.3. The molecule has 31 heavy (non-hydrogen) atoms. The molecular weight excluding hydrogens is 444 g/mol. The Kier molecular flexibility index (Phi) is 6.41. The van der Waals surface area contributed by atoms with Gasteiger partial charge in [-0.3, -0.25) is 0 Å². The van der Waals surface area contributed by atoms with Gasteiger partial charge in [0.1, 0.15) is 5.60 Å². The molecule has 1 aliphatic heterocycles. The van der Waals surface area contributed by atoms with Crippen LogP contribution >= 0.6 is 11.3 Å². The first-order valence-corrected chi connectivity index (χ1v) is 11.9. The van der Waals surface area contributed by atoms with Crippen LogP contribution in [0.25, 0.3) is 0 Å². The minimum absolute atomic E-state index is 0.0406. The fourth-order valence-corrected chi connectivity index (χ4v) is 4.90. The van der Waals surface area contributed by atoms with Crippen molar-refractivity contribution in [1.82, 2.24) is 9.88 Å². The summed E-state index contributed by atoms with van der Waals surface area (Å²) in [5, 5.41) is 13.7. The van der Waals surface area contributed by atoms with Crippen LogP contribution in [0, 0.1) is 0 Å². The smallest absolute Gasteiger partial charge is 0.430 e. The van der Waals surface area contributed by atoms with E-state index in [9.17, 15) is 18.0 Å². The molecule has 0 radical (unpaired) electrons. The molecule has 12 heteroatoms. The van der Waals surface area contributed by atoms with Gasteiger partial charge in [0, 0.05) is 30.2 Å². The molecule has 10 nitrogen and oxygen atoms in total. The molecule has 1 fully saturated rings. The van der Waals surface area contributed by atoms with E-state index in [2.05, 4.69) is 10.3 Å². The van der Waals surface area contributed by atoms with E-state index in [0.29, 0.717) is 29.5 Å². The molecule has 0 unspecified atom stereocenters. The summed E-state index contributed by atoms with van der Waals surface area (Å²) in [7, 11) is -4.27. The SMILES string of the molecule is CC(C)(C)OC(=O)N(c1cscn1)S(=O)(=O)c1ccc(N[C@H]2CCN(C(=O)O)C2)cc1. The number of benzene rings is 1. The Morgan fingerprint density at radius 3 is 2.48 bits per heavy atom. The van der Waals surface area contributed by atoms with Crippen molar-refractivity contribution < 1.29 is 27.9 Å². The number of carbonyl (C=O) groups excluding carboxylic acids is 1. The highest BCUT2D eigenvalue weighted by Gasteiger charge is 2.36. The molecule has 1 atom stereocenters. The number of likely N-dealkylation sites (tertiary alicyclic amines) is 1. The van der Waals surface area contributed by atoms with Gasteiger partial charge in [-0.25, -0.2) is 23.0 Å². The van der Waals surface area contributed by atoms with Crippen LogP contribution in [-0.2, 0) is 14.8 Å². The molecule has 2 heterocycles. The number of hydrogen-bond acceptors (Lipinski definition) is 8. The normalized spacial score (nSPS) is 16.7. The zero-order valence-corrected chi connectivity index (χ0v) is 18.9. The average Bonchev–Trinajstić information content (AvgIpc) is 3.33. The number of sulfonamides is 1. The van der Waals surface area contributed by atoms with Gasteiger partial charge in [-0.15, -0.1) is 15.6 Å². The first-order valence-electron chi connectivity index (χ1n) is 9.48. The van der Waals surface area contributed by atoms with Crippen LogP contribution in [-0.4, -0.2) is 60.3 Å². The van der Waals surface area contributed by atoms with Crippen molar-refractivity contribution in [3.63, 3.8) is 0 Å². The third-order valence-electron chi connectivity index (χ3n) is 4.41. The molecule has 2 N–H and O–H groups in total. The number of rotatable bonds is 5. The van der Waals surface area contributed by atoms with E-state index >= 15 is 0 Å². The first kappa shape index (κ1) is 22.8. The van der Waals surface area contributed by atoms with Crippen molar-refractivity contribution in [2.75, 3.05) is 22.7 Å². The summed E-state index contributed by atoms with van der Waals surface area (Å²) in [6.45, 7) is 5.73. The Morgan fingerprint density at radius 1 is 1.29 bits per heavy atom. The average molecular weight is 469 g/mol. The summed E-state index contributed by atoms with van der Waals surface area (Å²) in [5.41, 5.74) is 1.19. The van der Waals surface area contributed by atoms with Gasteiger partial charge in [0.2, 0.25) is 0 Å². The predicted molar refractivity (Wildman–Crippen MR) is 116 cm³/mol. The summed E-state index contributed by atoms with van der Waals surface area (Å²) >= 11 is 1.16. The molecule has 3 rings (SSSR count). The maximum atomic E-state index is 13.2. The van der Waals surface area contributed by atoms with Crippen LogP contribution in [0.1, 0.15) is 27.2 Å². The first-order chi connectivity index (χ1) is 14.5. The number of nitrogens with zero attached hydrogens (tertiary/aromatic N) is 3. The maximum Gasteiger partial charge on any atom is 0.430 e. The van der Waals surface area contributed by atoms with E-state index in [0.717, 1.165) is 11.3 Å². The summed E-state index contributed by atoms with van der Waals surface area (Å²) in [5.74, 6) is -0.0406. The minimum atomic E-state index is -4.27. The second kappa shape index (κ2) is 8.71. The molecule has 0 bridgehead atoms. The van der Waals surface area contributed by atoms with Crippen LogP contribution < -0.4 is 9.62 Å². The standard InChI is InChI=1S/C19H24N4O6S2/c1-19(2,3)29-18(26)23(16-11-30-12-20-16)31(27,28)15-6-4-13(5-7-15)21-14-8-9-22(10-14)17(24)25/h4-7,11-12,14,21H,8-10H2,1-3H3,(H,24,25)/t14-/m0/s1. The highest BCUT2D eigenvalue weighted by molar-refractivity contribution is 7.93. The van der Waals surface area contributed by atoms with E-state index < -0.39 is 27.8 Å². The number of carbonyl (C=O) groups is 2. The molecule has 0 aliphatic carbocycles. The number of nitrogens with one attached hydrogen (secondary N) is 1. The molecule has 1 aromatic carbocycles. The Balaban J connectivity index is 1.80. The van der Waals surface area contributed by atoms with Crippen molar-refractivity contribution in [2.45, 2.75) is 43.7 Å². The number of anilines is 2. The van der Waals surface area contributed by atoms with Crippen LogP contribution in [0.3, 0.4) is 0 Å². The van der Waals surface area contributed by atoms with Crippen molar-refractivity contribution in [3.8, 4) is 0 Å². The van der Waals surface area contributed by atoms with E-state index in [4.69, 9.17) is 9.84 Å². The van der Waals surface area contributed by atoms with E-state index in [1.165, 1.54) is 27.9 Å². The molecule has 0 saturated carbocycles. The topological polar surface area (TPSA) is 129 Å². The molecular formula is C19H24N4O6S2. The van der Waals surface area contributed by atoms with Crippen molar-refractivity contribution >= 4 is 45.1 Å². The van der Waals surface area contributed by atoms with E-state index in [1.807, 2.05) is 0 Å². The van der Waals surface area contributed by atoms with Gasteiger partial charge >= 0.3 is 12.2 Å². The zero-order chi connectivity index (χ0) is 22.8. The highest BCUT2D eigenvalue weighted by Crippen LogP contribution is 2.27. The molecule has 2 amide bonds. The van der Waals surface area contributed by atoms with E-state index in [-0.39, 0.29) is 16.8 Å². The highest BCUT2D eigenvalue weighted by atomic mass is 32.2. The summed E-state index contributed by atoms with van der Waals surface area (Å²) in [6, 6.07) is 5.85. The second-order valence-electron chi connectivity index (χ2n) is 7.98. The third-order valence-corrected chi connectivity index (χ3v) is 6.67. The lowest BCUT2D eigenvalue weighted by molar-refractivity contribution is 0.0608. The number of hydrogen-bond donors (Lipinski definition) is 2. The number of ether oxygens (including phenoxy) is 1. The molecule has 1 aliphatic rings. The Hall–Kier alpha value is -2.86. The van der Waals surface area contributed by atoms with Crippen LogP contribution in [0.2, 0.25) is 0 Å². The van der Waals surface area contributed by atoms with Crippen molar-refractivity contribution in [1.29, 1.82) is 0 Å². The molecule has 168 valence electrons. The third kappa shape index (κ3) is 5.44. The predicted octanol–water partition coefficient (Wildman–Crippen LogP) is 3.44. The quantitative estimate of drug-likeness (QED) is 0.683. The lowest BCUT2D eigenvalue weighted by atomic mass is 10.2. The lowest BCUT2D eigenvalue weighted by Gasteiger charge is -2.25. The van der Waals surface area contributed by atoms with Gasteiger partial charge in [0.15, 0.2) is 5.82 Å². The maximum absolute atomic E-state index is 13.2. The molecule has 0 spiro atoms. The number of aromatic nitrogens is 1. The van der Waals surface area contributed by atoms with Gasteiger partial charge < -0.3 is 20.1 Å². The Morgan fingerprint density at radius 2 is 1.97 bits per heavy atom. The number of amides is 2. The zero-order valence-electron chi connectivity index (χ0n) is 17.3. The lowest BCUT2D eigenvalue weighted by Crippen LogP contribution is -2.41. The van der Waals surface area contributed by atoms with Crippen molar-refractivity contribution in [2.24, 2.45) is 0 Å². The Labute approximate surface area is 184 Å². The minimum Gasteiger partial charge on any atom is -0.465 e. The van der Waals surface area contributed by atoms with Gasteiger partial charge in [-0.1, -0.05) is 0 Å².